The molecule has 4 heteroatoms. The first kappa shape index (κ1) is 13.4. The summed E-state index contributed by atoms with van der Waals surface area (Å²) in [5.41, 5.74) is 7.26. The molecular formula is C14H20ClN3. The van der Waals surface area contributed by atoms with E-state index in [0.717, 1.165) is 18.7 Å². The molecule has 0 bridgehead atoms. The predicted octanol–water partition coefficient (Wildman–Crippen LogP) is 3.00. The Morgan fingerprint density at radius 2 is 2.28 bits per heavy atom. The van der Waals surface area contributed by atoms with Crippen LogP contribution >= 0.6 is 11.6 Å². The van der Waals surface area contributed by atoms with Gasteiger partial charge in [-0.2, -0.15) is 0 Å². The summed E-state index contributed by atoms with van der Waals surface area (Å²) in [5.74, 6) is 0.0646. The lowest BCUT2D eigenvalue weighted by Crippen LogP contribution is -2.36. The van der Waals surface area contributed by atoms with E-state index in [9.17, 15) is 0 Å². The maximum Gasteiger partial charge on any atom is 0.122 e. The van der Waals surface area contributed by atoms with E-state index in [1.807, 2.05) is 12.1 Å². The highest BCUT2D eigenvalue weighted by molar-refractivity contribution is 6.31. The van der Waals surface area contributed by atoms with Gasteiger partial charge in [0.2, 0.25) is 0 Å². The minimum Gasteiger partial charge on any atom is -0.384 e. The van der Waals surface area contributed by atoms with E-state index in [0.29, 0.717) is 16.6 Å². The van der Waals surface area contributed by atoms with E-state index in [4.69, 9.17) is 22.7 Å². The standard InChI is InChI=1S/C14H20ClN3/c1-10-4-2-3-7-18(10)9-12-6-5-11(14(16)17)8-13(12)15/h5-6,8,10H,2-4,7,9H2,1H3,(H3,16,17). The average molecular weight is 266 g/mol. The zero-order valence-corrected chi connectivity index (χ0v) is 11.5. The molecule has 3 N–H and O–H groups in total. The van der Waals surface area contributed by atoms with Gasteiger partial charge in [-0.15, -0.1) is 0 Å². The molecule has 1 saturated heterocycles. The first-order valence-corrected chi connectivity index (χ1v) is 6.82. The summed E-state index contributed by atoms with van der Waals surface area (Å²) < 4.78 is 0. The van der Waals surface area contributed by atoms with Crippen molar-refractivity contribution in [2.45, 2.75) is 38.8 Å². The van der Waals surface area contributed by atoms with Crippen LogP contribution in [-0.4, -0.2) is 23.3 Å². The minimum absolute atomic E-state index is 0.0646. The first-order valence-electron chi connectivity index (χ1n) is 6.45. The summed E-state index contributed by atoms with van der Waals surface area (Å²) in [6.07, 6.45) is 3.87. The number of hydrogen-bond acceptors (Lipinski definition) is 2. The summed E-state index contributed by atoms with van der Waals surface area (Å²) in [6, 6.07) is 6.27. The molecule has 1 unspecified atom stereocenters. The summed E-state index contributed by atoms with van der Waals surface area (Å²) in [4.78, 5) is 2.47. The number of nitrogen functional groups attached to an aromatic ring is 1. The molecule has 1 fully saturated rings. The van der Waals surface area contributed by atoms with Crippen LogP contribution < -0.4 is 5.73 Å². The lowest BCUT2D eigenvalue weighted by atomic mass is 10.0. The molecule has 1 atom stereocenters. The van der Waals surface area contributed by atoms with Crippen LogP contribution in [-0.2, 0) is 6.54 Å². The zero-order chi connectivity index (χ0) is 13.1. The van der Waals surface area contributed by atoms with E-state index in [1.54, 1.807) is 6.07 Å². The first-order chi connectivity index (χ1) is 8.58. The maximum atomic E-state index is 7.40. The number of piperidine rings is 1. The van der Waals surface area contributed by atoms with Crippen LogP contribution in [0.4, 0.5) is 0 Å². The molecule has 18 heavy (non-hydrogen) atoms. The van der Waals surface area contributed by atoms with Gasteiger partial charge in [0.15, 0.2) is 0 Å². The molecule has 0 aliphatic carbocycles. The Hall–Kier alpha value is -1.06. The SMILES string of the molecule is CC1CCCCN1Cc1ccc(C(=N)N)cc1Cl. The largest absolute Gasteiger partial charge is 0.384 e. The van der Waals surface area contributed by atoms with Crippen molar-refractivity contribution < 1.29 is 0 Å². The smallest absolute Gasteiger partial charge is 0.122 e. The van der Waals surface area contributed by atoms with Crippen LogP contribution in [0.15, 0.2) is 18.2 Å². The van der Waals surface area contributed by atoms with Crippen molar-refractivity contribution in [1.29, 1.82) is 5.41 Å². The maximum absolute atomic E-state index is 7.40. The second-order valence-electron chi connectivity index (χ2n) is 5.04. The molecule has 0 saturated carbocycles. The number of halogens is 1. The Kier molecular flexibility index (Phi) is 4.25. The monoisotopic (exact) mass is 265 g/mol. The van der Waals surface area contributed by atoms with Gasteiger partial charge in [0.25, 0.3) is 0 Å². The van der Waals surface area contributed by atoms with Crippen molar-refractivity contribution in [2.24, 2.45) is 5.73 Å². The van der Waals surface area contributed by atoms with Crippen molar-refractivity contribution >= 4 is 17.4 Å². The van der Waals surface area contributed by atoms with Crippen LogP contribution in [0, 0.1) is 5.41 Å². The second kappa shape index (κ2) is 5.72. The van der Waals surface area contributed by atoms with Gasteiger partial charge in [-0.1, -0.05) is 30.2 Å². The molecule has 1 aromatic rings. The zero-order valence-electron chi connectivity index (χ0n) is 10.7. The van der Waals surface area contributed by atoms with Crippen LogP contribution in [0.1, 0.15) is 37.3 Å². The number of nitrogens with two attached hydrogens (primary N) is 1. The fraction of sp³-hybridized carbons (Fsp3) is 0.500. The van der Waals surface area contributed by atoms with E-state index < -0.39 is 0 Å². The topological polar surface area (TPSA) is 53.1 Å². The van der Waals surface area contributed by atoms with Gasteiger partial charge in [0.05, 0.1) is 0 Å². The van der Waals surface area contributed by atoms with Crippen LogP contribution in [0.5, 0.6) is 0 Å². The molecular weight excluding hydrogens is 246 g/mol. The van der Waals surface area contributed by atoms with Crippen molar-refractivity contribution in [3.05, 3.63) is 34.3 Å². The van der Waals surface area contributed by atoms with Crippen molar-refractivity contribution in [2.75, 3.05) is 6.54 Å². The molecule has 0 aromatic heterocycles. The number of nitrogens with one attached hydrogen (secondary N) is 1. The van der Waals surface area contributed by atoms with Crippen LogP contribution in [0.2, 0.25) is 5.02 Å². The number of hydrogen-bond donors (Lipinski definition) is 2. The van der Waals surface area contributed by atoms with E-state index in [2.05, 4.69) is 11.8 Å². The molecule has 1 aliphatic heterocycles. The molecule has 0 radical (unpaired) electrons. The Balaban J connectivity index is 2.11. The third-order valence-corrected chi connectivity index (χ3v) is 4.03. The Bertz CT molecular complexity index is 445. The number of likely N-dealkylation sites (tertiary alicyclic amines) is 1. The Morgan fingerprint density at radius 1 is 1.50 bits per heavy atom. The summed E-state index contributed by atoms with van der Waals surface area (Å²) in [6.45, 7) is 4.31. The summed E-state index contributed by atoms with van der Waals surface area (Å²) >= 11 is 6.26. The number of amidine groups is 1. The van der Waals surface area contributed by atoms with Gasteiger partial charge in [0.1, 0.15) is 5.84 Å². The fourth-order valence-corrected chi connectivity index (χ4v) is 2.69. The lowest BCUT2D eigenvalue weighted by molar-refractivity contribution is 0.152. The van der Waals surface area contributed by atoms with E-state index in [-0.39, 0.29) is 5.84 Å². The van der Waals surface area contributed by atoms with Crippen molar-refractivity contribution in [3.8, 4) is 0 Å². The van der Waals surface area contributed by atoms with Gasteiger partial charge in [-0.05, 0) is 37.9 Å². The van der Waals surface area contributed by atoms with Gasteiger partial charge >= 0.3 is 0 Å². The Morgan fingerprint density at radius 3 is 2.89 bits per heavy atom. The molecule has 1 aliphatic rings. The highest BCUT2D eigenvalue weighted by Crippen LogP contribution is 2.23. The second-order valence-corrected chi connectivity index (χ2v) is 5.44. The third-order valence-electron chi connectivity index (χ3n) is 3.68. The molecule has 3 nitrogen and oxygen atoms in total. The highest BCUT2D eigenvalue weighted by Gasteiger charge is 2.19. The molecule has 1 heterocycles. The average Bonchev–Trinajstić information content (AvgIpc) is 2.34. The highest BCUT2D eigenvalue weighted by atomic mass is 35.5. The van der Waals surface area contributed by atoms with Gasteiger partial charge in [-0.3, -0.25) is 10.3 Å². The lowest BCUT2D eigenvalue weighted by Gasteiger charge is -2.33. The molecule has 0 spiro atoms. The van der Waals surface area contributed by atoms with Crippen LogP contribution in [0.3, 0.4) is 0 Å². The van der Waals surface area contributed by atoms with E-state index >= 15 is 0 Å². The van der Waals surface area contributed by atoms with E-state index in [1.165, 1.54) is 19.3 Å². The quantitative estimate of drug-likeness (QED) is 0.652. The Labute approximate surface area is 113 Å². The normalized spacial score (nSPS) is 20.9. The fourth-order valence-electron chi connectivity index (χ4n) is 2.45. The summed E-state index contributed by atoms with van der Waals surface area (Å²) in [7, 11) is 0. The predicted molar refractivity (Wildman–Crippen MR) is 76.2 cm³/mol. The molecule has 2 rings (SSSR count). The van der Waals surface area contributed by atoms with Gasteiger partial charge in [-0.25, -0.2) is 0 Å². The number of rotatable bonds is 3. The van der Waals surface area contributed by atoms with Crippen LogP contribution in [0.25, 0.3) is 0 Å². The minimum atomic E-state index is 0.0646. The van der Waals surface area contributed by atoms with Crippen molar-refractivity contribution in [3.63, 3.8) is 0 Å². The van der Waals surface area contributed by atoms with Crippen molar-refractivity contribution in [1.82, 2.24) is 4.90 Å². The summed E-state index contributed by atoms with van der Waals surface area (Å²) in [5, 5.41) is 8.10. The molecule has 0 amide bonds. The molecule has 98 valence electrons. The molecule has 1 aromatic carbocycles. The number of benzene rings is 1. The third kappa shape index (κ3) is 3.03. The van der Waals surface area contributed by atoms with Gasteiger partial charge in [0, 0.05) is 23.2 Å². The number of nitrogens with zero attached hydrogens (tertiary/aromatic N) is 1. The van der Waals surface area contributed by atoms with Gasteiger partial charge < -0.3 is 5.73 Å².